The molecule has 1 fully saturated rings. The molecule has 0 aromatic heterocycles. The van der Waals surface area contributed by atoms with Crippen LogP contribution in [-0.2, 0) is 4.57 Å². The molecule has 3 nitrogen and oxygen atoms in total. The average Bonchev–Trinajstić information content (AvgIpc) is 2.19. The van der Waals surface area contributed by atoms with Gasteiger partial charge >= 0.3 is 0 Å². The lowest BCUT2D eigenvalue weighted by Crippen LogP contribution is -2.40. The van der Waals surface area contributed by atoms with Gasteiger partial charge in [-0.3, -0.25) is 0 Å². The van der Waals surface area contributed by atoms with E-state index in [1.54, 1.807) is 0 Å². The standard InChI is InChI=1S/C7H15Cl2N2OP/c8-6-13(12,7-9)10-11-4-2-1-3-5-11/h1-7H2,(H,10,12). The first-order chi connectivity index (χ1) is 6.20. The second kappa shape index (κ2) is 5.57. The Hall–Kier alpha value is 0.730. The minimum atomic E-state index is -2.54. The van der Waals surface area contributed by atoms with E-state index in [9.17, 15) is 4.57 Å². The van der Waals surface area contributed by atoms with Crippen LogP contribution in [0.25, 0.3) is 0 Å². The second-order valence-electron chi connectivity index (χ2n) is 3.28. The fourth-order valence-corrected chi connectivity index (χ4v) is 3.31. The van der Waals surface area contributed by atoms with Crippen molar-refractivity contribution in [3.05, 3.63) is 0 Å². The summed E-state index contributed by atoms with van der Waals surface area (Å²) < 4.78 is 11.8. The number of halogens is 2. The molecule has 78 valence electrons. The van der Waals surface area contributed by atoms with Gasteiger partial charge in [-0.25, -0.2) is 5.01 Å². The minimum absolute atomic E-state index is 0.104. The third kappa shape index (κ3) is 3.77. The van der Waals surface area contributed by atoms with Crippen molar-refractivity contribution in [3.63, 3.8) is 0 Å². The molecule has 0 saturated carbocycles. The van der Waals surface area contributed by atoms with Crippen LogP contribution in [-0.4, -0.2) is 29.3 Å². The molecule has 0 aliphatic carbocycles. The summed E-state index contributed by atoms with van der Waals surface area (Å²) in [4.78, 5) is 0. The lowest BCUT2D eigenvalue weighted by molar-refractivity contribution is 0.199. The van der Waals surface area contributed by atoms with Crippen LogP contribution < -0.4 is 5.20 Å². The molecule has 1 heterocycles. The van der Waals surface area contributed by atoms with Crippen molar-refractivity contribution in [2.24, 2.45) is 0 Å². The molecule has 0 atom stereocenters. The van der Waals surface area contributed by atoms with Gasteiger partial charge in [-0.1, -0.05) is 6.42 Å². The molecule has 0 unspecified atom stereocenters. The molecule has 1 saturated heterocycles. The predicted octanol–water partition coefficient (Wildman–Crippen LogP) is 2.65. The first-order valence-corrected chi connectivity index (χ1v) is 7.58. The van der Waals surface area contributed by atoms with E-state index in [0.29, 0.717) is 0 Å². The molecule has 0 radical (unpaired) electrons. The van der Waals surface area contributed by atoms with E-state index < -0.39 is 7.29 Å². The maximum atomic E-state index is 11.8. The Labute approximate surface area is 89.2 Å². The Morgan fingerprint density at radius 3 is 2.15 bits per heavy atom. The summed E-state index contributed by atoms with van der Waals surface area (Å²) >= 11 is 11.2. The third-order valence-electron chi connectivity index (χ3n) is 2.07. The second-order valence-corrected chi connectivity index (χ2v) is 7.17. The highest BCUT2D eigenvalue weighted by Crippen LogP contribution is 2.43. The lowest BCUT2D eigenvalue weighted by atomic mass is 10.2. The molecular weight excluding hydrogens is 230 g/mol. The van der Waals surface area contributed by atoms with Crippen LogP contribution in [0.3, 0.4) is 0 Å². The highest BCUT2D eigenvalue weighted by Gasteiger charge is 2.23. The SMILES string of the molecule is O=P(CCl)(CCl)NN1CCCCC1. The number of hydrazine groups is 1. The molecule has 0 aromatic carbocycles. The van der Waals surface area contributed by atoms with Gasteiger partial charge in [-0.15, -0.1) is 23.2 Å². The zero-order valence-corrected chi connectivity index (χ0v) is 9.91. The van der Waals surface area contributed by atoms with Gasteiger partial charge in [0, 0.05) is 13.1 Å². The maximum Gasteiger partial charge on any atom is 0.189 e. The molecule has 13 heavy (non-hydrogen) atoms. The zero-order valence-electron chi connectivity index (χ0n) is 7.51. The van der Waals surface area contributed by atoms with Crippen LogP contribution in [0.1, 0.15) is 19.3 Å². The quantitative estimate of drug-likeness (QED) is 0.610. The highest BCUT2D eigenvalue weighted by atomic mass is 35.5. The number of hydrogen-bond donors (Lipinski definition) is 1. The number of rotatable bonds is 4. The van der Waals surface area contributed by atoms with Crippen molar-refractivity contribution < 1.29 is 4.57 Å². The van der Waals surface area contributed by atoms with Crippen LogP contribution in [0.15, 0.2) is 0 Å². The Kier molecular flexibility index (Phi) is 5.06. The largest absolute Gasteiger partial charge is 0.303 e. The Balaban J connectivity index is 2.40. The van der Waals surface area contributed by atoms with E-state index in [1.807, 2.05) is 5.01 Å². The Bertz CT molecular complexity index is 189. The van der Waals surface area contributed by atoms with Gasteiger partial charge < -0.3 is 4.57 Å². The molecular formula is C7H15Cl2N2OP. The van der Waals surface area contributed by atoms with Crippen molar-refractivity contribution in [1.82, 2.24) is 10.2 Å². The van der Waals surface area contributed by atoms with Gasteiger partial charge in [0.25, 0.3) is 0 Å². The van der Waals surface area contributed by atoms with Gasteiger partial charge in [-0.2, -0.15) is 5.20 Å². The third-order valence-corrected chi connectivity index (χ3v) is 5.80. The Morgan fingerprint density at radius 1 is 1.15 bits per heavy atom. The van der Waals surface area contributed by atoms with Crippen LogP contribution in [0.5, 0.6) is 0 Å². The predicted molar refractivity (Wildman–Crippen MR) is 57.6 cm³/mol. The number of hydrogen-bond acceptors (Lipinski definition) is 2. The van der Waals surface area contributed by atoms with Crippen molar-refractivity contribution in [3.8, 4) is 0 Å². The fraction of sp³-hybridized carbons (Fsp3) is 1.00. The average molecular weight is 245 g/mol. The first-order valence-electron chi connectivity index (χ1n) is 4.43. The van der Waals surface area contributed by atoms with Gasteiger partial charge in [0.2, 0.25) is 0 Å². The number of piperidine rings is 1. The van der Waals surface area contributed by atoms with Crippen molar-refractivity contribution in [2.75, 3.05) is 24.3 Å². The smallest absolute Gasteiger partial charge is 0.189 e. The molecule has 1 N–H and O–H groups in total. The molecule has 6 heteroatoms. The molecule has 0 aromatic rings. The highest BCUT2D eigenvalue weighted by molar-refractivity contribution is 7.64. The van der Waals surface area contributed by atoms with Gasteiger partial charge in [0.15, 0.2) is 7.29 Å². The monoisotopic (exact) mass is 244 g/mol. The van der Waals surface area contributed by atoms with Crippen LogP contribution in [0.2, 0.25) is 0 Å². The van der Waals surface area contributed by atoms with E-state index in [0.717, 1.165) is 25.9 Å². The summed E-state index contributed by atoms with van der Waals surface area (Å²) in [5, 5.41) is 4.94. The summed E-state index contributed by atoms with van der Waals surface area (Å²) in [5.41, 5.74) is 0.208. The van der Waals surface area contributed by atoms with E-state index in [4.69, 9.17) is 23.2 Å². The Morgan fingerprint density at radius 2 is 1.69 bits per heavy atom. The minimum Gasteiger partial charge on any atom is -0.303 e. The van der Waals surface area contributed by atoms with Crippen LogP contribution in [0, 0.1) is 0 Å². The molecule has 0 amide bonds. The van der Waals surface area contributed by atoms with E-state index in [-0.39, 0.29) is 11.2 Å². The van der Waals surface area contributed by atoms with Gasteiger partial charge in [0.1, 0.15) is 0 Å². The number of alkyl halides is 2. The number of nitrogens with zero attached hydrogens (tertiary/aromatic N) is 1. The zero-order chi connectivity index (χ0) is 9.73. The lowest BCUT2D eigenvalue weighted by Gasteiger charge is -2.30. The van der Waals surface area contributed by atoms with E-state index in [1.165, 1.54) is 6.42 Å². The summed E-state index contributed by atoms with van der Waals surface area (Å²) in [6.45, 7) is 1.88. The molecule has 1 rings (SSSR count). The van der Waals surface area contributed by atoms with Crippen LogP contribution >= 0.6 is 30.5 Å². The maximum absolute atomic E-state index is 11.8. The first kappa shape index (κ1) is 11.8. The van der Waals surface area contributed by atoms with Crippen molar-refractivity contribution >= 4 is 30.5 Å². The van der Waals surface area contributed by atoms with Crippen LogP contribution in [0.4, 0.5) is 0 Å². The summed E-state index contributed by atoms with van der Waals surface area (Å²) in [6.07, 6.45) is 3.55. The van der Waals surface area contributed by atoms with E-state index >= 15 is 0 Å². The van der Waals surface area contributed by atoms with Crippen molar-refractivity contribution in [1.29, 1.82) is 0 Å². The number of nitrogens with one attached hydrogen (secondary N) is 1. The summed E-state index contributed by atoms with van der Waals surface area (Å²) in [6, 6.07) is 0. The van der Waals surface area contributed by atoms with Gasteiger partial charge in [0.05, 0.1) is 11.2 Å². The fourth-order valence-electron chi connectivity index (χ4n) is 1.34. The molecule has 1 aliphatic rings. The summed E-state index contributed by atoms with van der Waals surface area (Å²) in [5.74, 6) is 0. The topological polar surface area (TPSA) is 32.3 Å². The van der Waals surface area contributed by atoms with E-state index in [2.05, 4.69) is 5.20 Å². The molecule has 1 aliphatic heterocycles. The van der Waals surface area contributed by atoms with Gasteiger partial charge in [-0.05, 0) is 12.8 Å². The molecule has 0 bridgehead atoms. The summed E-state index contributed by atoms with van der Waals surface area (Å²) in [7, 11) is -2.54. The molecule has 0 spiro atoms. The van der Waals surface area contributed by atoms with Crippen molar-refractivity contribution in [2.45, 2.75) is 19.3 Å². The normalized spacial score (nSPS) is 20.5.